The Morgan fingerprint density at radius 1 is 1.38 bits per heavy atom. The number of aromatic nitrogens is 2. The predicted octanol–water partition coefficient (Wildman–Crippen LogP) is 1.16. The Balaban J connectivity index is 2.87. The van der Waals surface area contributed by atoms with E-state index in [1.165, 1.54) is 18.2 Å². The van der Waals surface area contributed by atoms with E-state index in [0.29, 0.717) is 11.3 Å². The minimum atomic E-state index is -3.83. The monoisotopic (exact) mass is 258 g/mol. The van der Waals surface area contributed by atoms with Crippen LogP contribution in [0.4, 0.5) is 0 Å². The van der Waals surface area contributed by atoms with Gasteiger partial charge in [0.05, 0.1) is 15.8 Å². The summed E-state index contributed by atoms with van der Waals surface area (Å²) in [5, 5.41) is 0.201. The number of hydrogen-bond donors (Lipinski definition) is 1. The second-order valence-electron chi connectivity index (χ2n) is 3.27. The molecule has 0 spiro atoms. The molecular weight excluding hydrogens is 252 g/mol. The Morgan fingerprint density at radius 2 is 2.06 bits per heavy atom. The van der Waals surface area contributed by atoms with Crippen molar-refractivity contribution < 1.29 is 8.42 Å². The second-order valence-corrected chi connectivity index (χ2v) is 5.83. The lowest BCUT2D eigenvalue weighted by Crippen LogP contribution is -2.10. The van der Waals surface area contributed by atoms with Gasteiger partial charge in [-0.2, -0.15) is 0 Å². The highest BCUT2D eigenvalue weighted by Crippen LogP contribution is 2.18. The lowest BCUT2D eigenvalue weighted by molar-refractivity contribution is 0.609. The average Bonchev–Trinajstić information content (AvgIpc) is 2.15. The van der Waals surface area contributed by atoms with E-state index >= 15 is 0 Å². The summed E-state index contributed by atoms with van der Waals surface area (Å²) in [4.78, 5) is 18.0. The van der Waals surface area contributed by atoms with Gasteiger partial charge in [-0.25, -0.2) is 13.4 Å². The van der Waals surface area contributed by atoms with Gasteiger partial charge in [-0.05, 0) is 25.1 Å². The summed E-state index contributed by atoms with van der Waals surface area (Å²) in [6.07, 6.45) is 0. The molecule has 1 N–H and O–H groups in total. The number of nitrogens with zero attached hydrogens (tertiary/aromatic N) is 1. The average molecular weight is 259 g/mol. The molecule has 7 heteroatoms. The summed E-state index contributed by atoms with van der Waals surface area (Å²) in [5.74, 6) is 0.471. The predicted molar refractivity (Wildman–Crippen MR) is 60.1 cm³/mol. The fraction of sp³-hybridized carbons (Fsp3) is 0.111. The molecule has 5 nitrogen and oxygen atoms in total. The molecular formula is C9H7ClN2O3S. The first-order valence-electron chi connectivity index (χ1n) is 4.33. The van der Waals surface area contributed by atoms with E-state index in [-0.39, 0.29) is 15.8 Å². The summed E-state index contributed by atoms with van der Waals surface area (Å²) < 4.78 is 22.2. The van der Waals surface area contributed by atoms with Gasteiger partial charge in [0.15, 0.2) is 0 Å². The fourth-order valence-corrected chi connectivity index (χ4v) is 2.16. The summed E-state index contributed by atoms with van der Waals surface area (Å²) in [6.45, 7) is 1.65. The molecule has 2 rings (SSSR count). The number of fused-ring (bicyclic) bond motifs is 1. The normalized spacial score (nSPS) is 11.9. The molecule has 0 aliphatic rings. The smallest absolute Gasteiger partial charge is 0.261 e. The van der Waals surface area contributed by atoms with Crippen LogP contribution >= 0.6 is 10.7 Å². The minimum absolute atomic E-state index is 0.113. The van der Waals surface area contributed by atoms with Crippen LogP contribution in [-0.4, -0.2) is 18.4 Å². The molecule has 0 aliphatic carbocycles. The van der Waals surface area contributed by atoms with Gasteiger partial charge in [0.2, 0.25) is 0 Å². The molecule has 0 saturated carbocycles. The first-order chi connectivity index (χ1) is 7.38. The number of hydrogen-bond acceptors (Lipinski definition) is 4. The fourth-order valence-electron chi connectivity index (χ4n) is 1.39. The largest absolute Gasteiger partial charge is 0.310 e. The van der Waals surface area contributed by atoms with E-state index in [9.17, 15) is 13.2 Å². The molecule has 0 radical (unpaired) electrons. The van der Waals surface area contributed by atoms with Crippen molar-refractivity contribution in [2.45, 2.75) is 11.8 Å². The van der Waals surface area contributed by atoms with E-state index in [4.69, 9.17) is 10.7 Å². The maximum absolute atomic E-state index is 11.5. The molecule has 1 heterocycles. The lowest BCUT2D eigenvalue weighted by atomic mass is 10.2. The number of nitrogens with one attached hydrogen (secondary N) is 1. The Kier molecular flexibility index (Phi) is 2.47. The number of rotatable bonds is 1. The van der Waals surface area contributed by atoms with Crippen LogP contribution in [0.15, 0.2) is 27.9 Å². The molecule has 0 unspecified atom stereocenters. The van der Waals surface area contributed by atoms with Crippen LogP contribution in [0.5, 0.6) is 0 Å². The highest BCUT2D eigenvalue weighted by molar-refractivity contribution is 8.13. The van der Waals surface area contributed by atoms with Crippen LogP contribution in [0.1, 0.15) is 5.82 Å². The van der Waals surface area contributed by atoms with E-state index in [1.54, 1.807) is 6.92 Å². The summed E-state index contributed by atoms with van der Waals surface area (Å²) in [5.41, 5.74) is 0.0509. The SMILES string of the molecule is Cc1nc2ccc(S(=O)(=O)Cl)cc2c(=O)[nH]1. The Bertz CT molecular complexity index is 721. The number of aryl methyl sites for hydroxylation is 1. The summed E-state index contributed by atoms with van der Waals surface area (Å²) in [7, 11) is 1.35. The van der Waals surface area contributed by atoms with E-state index < -0.39 is 9.05 Å². The van der Waals surface area contributed by atoms with Gasteiger partial charge in [0.1, 0.15) is 5.82 Å². The van der Waals surface area contributed by atoms with E-state index in [1.807, 2.05) is 0 Å². The molecule has 0 aliphatic heterocycles. The van der Waals surface area contributed by atoms with Gasteiger partial charge < -0.3 is 4.98 Å². The maximum Gasteiger partial charge on any atom is 0.261 e. The van der Waals surface area contributed by atoms with E-state index in [2.05, 4.69) is 9.97 Å². The third-order valence-electron chi connectivity index (χ3n) is 2.08. The second kappa shape index (κ2) is 3.57. The van der Waals surface area contributed by atoms with Crippen LogP contribution in [0, 0.1) is 6.92 Å². The van der Waals surface area contributed by atoms with Gasteiger partial charge in [-0.15, -0.1) is 0 Å². The third kappa shape index (κ3) is 1.94. The van der Waals surface area contributed by atoms with Crippen molar-refractivity contribution in [1.29, 1.82) is 0 Å². The van der Waals surface area contributed by atoms with Crippen molar-refractivity contribution in [3.8, 4) is 0 Å². The van der Waals surface area contributed by atoms with Crippen molar-refractivity contribution in [3.05, 3.63) is 34.4 Å². The maximum atomic E-state index is 11.5. The first-order valence-corrected chi connectivity index (χ1v) is 6.64. The van der Waals surface area contributed by atoms with Crippen molar-refractivity contribution >= 4 is 30.6 Å². The van der Waals surface area contributed by atoms with Crippen LogP contribution in [0.25, 0.3) is 10.9 Å². The quantitative estimate of drug-likeness (QED) is 0.779. The summed E-state index contributed by atoms with van der Waals surface area (Å²) >= 11 is 0. The minimum Gasteiger partial charge on any atom is -0.310 e. The molecule has 0 amide bonds. The zero-order chi connectivity index (χ0) is 11.9. The molecule has 0 saturated heterocycles. The van der Waals surface area contributed by atoms with Crippen LogP contribution in [-0.2, 0) is 9.05 Å². The van der Waals surface area contributed by atoms with Gasteiger partial charge in [-0.3, -0.25) is 4.79 Å². The molecule has 0 fully saturated rings. The third-order valence-corrected chi connectivity index (χ3v) is 3.43. The van der Waals surface area contributed by atoms with Gasteiger partial charge >= 0.3 is 0 Å². The number of halogens is 1. The molecule has 1 aromatic carbocycles. The zero-order valence-electron chi connectivity index (χ0n) is 8.19. The standard InChI is InChI=1S/C9H7ClN2O3S/c1-5-11-8-3-2-6(16(10,14)15)4-7(8)9(13)12-5/h2-4H,1H3,(H,11,12,13). The van der Waals surface area contributed by atoms with Gasteiger partial charge in [0, 0.05) is 10.7 Å². The van der Waals surface area contributed by atoms with Crippen molar-refractivity contribution in [2.75, 3.05) is 0 Å². The van der Waals surface area contributed by atoms with Crippen LogP contribution in [0.2, 0.25) is 0 Å². The Labute approximate surface area is 95.5 Å². The molecule has 0 bridgehead atoms. The molecule has 84 valence electrons. The highest BCUT2D eigenvalue weighted by Gasteiger charge is 2.12. The summed E-state index contributed by atoms with van der Waals surface area (Å²) in [6, 6.07) is 3.98. The molecule has 16 heavy (non-hydrogen) atoms. The highest BCUT2D eigenvalue weighted by atomic mass is 35.7. The lowest BCUT2D eigenvalue weighted by Gasteiger charge is -2.00. The van der Waals surface area contributed by atoms with Crippen molar-refractivity contribution in [3.63, 3.8) is 0 Å². The van der Waals surface area contributed by atoms with E-state index in [0.717, 1.165) is 0 Å². The Hall–Kier alpha value is -1.40. The zero-order valence-corrected chi connectivity index (χ0v) is 9.76. The topological polar surface area (TPSA) is 79.9 Å². The number of benzene rings is 1. The number of aromatic amines is 1. The van der Waals surface area contributed by atoms with Crippen LogP contribution < -0.4 is 5.56 Å². The molecule has 1 aromatic heterocycles. The van der Waals surface area contributed by atoms with Crippen LogP contribution in [0.3, 0.4) is 0 Å². The molecule has 2 aromatic rings. The van der Waals surface area contributed by atoms with Crippen molar-refractivity contribution in [2.24, 2.45) is 0 Å². The van der Waals surface area contributed by atoms with Crippen molar-refractivity contribution in [1.82, 2.24) is 9.97 Å². The van der Waals surface area contributed by atoms with Gasteiger partial charge in [0.25, 0.3) is 14.6 Å². The number of H-pyrrole nitrogens is 1. The first kappa shape index (κ1) is 11.1. The van der Waals surface area contributed by atoms with Gasteiger partial charge in [-0.1, -0.05) is 0 Å². The molecule has 0 atom stereocenters. The Morgan fingerprint density at radius 3 is 2.69 bits per heavy atom.